The molecule has 5 heteroatoms. The Labute approximate surface area is 78.2 Å². The summed E-state index contributed by atoms with van der Waals surface area (Å²) in [6.45, 7) is 0. The van der Waals surface area contributed by atoms with Crippen molar-refractivity contribution in [3.63, 3.8) is 0 Å². The molecule has 0 amide bonds. The number of ether oxygens (including phenoxy) is 1. The highest BCUT2D eigenvalue weighted by atomic mass is 32.2. The predicted octanol–water partition coefficient (Wildman–Crippen LogP) is 0.374. The molecule has 0 unspecified atom stereocenters. The van der Waals surface area contributed by atoms with Crippen molar-refractivity contribution in [1.29, 1.82) is 0 Å². The van der Waals surface area contributed by atoms with Crippen LogP contribution in [-0.2, 0) is 19.4 Å². The first kappa shape index (κ1) is 10.5. The monoisotopic (exact) mass is 206 g/mol. The molecular formula is C8H14O4S. The SMILES string of the molecule is COC(=O)CCS(=O)(=O)CC1CC1. The van der Waals surface area contributed by atoms with Crippen molar-refractivity contribution < 1.29 is 17.9 Å². The molecule has 0 radical (unpaired) electrons. The van der Waals surface area contributed by atoms with E-state index in [1.54, 1.807) is 0 Å². The molecule has 13 heavy (non-hydrogen) atoms. The summed E-state index contributed by atoms with van der Waals surface area (Å²) in [5, 5.41) is 0. The smallest absolute Gasteiger partial charge is 0.306 e. The van der Waals surface area contributed by atoms with E-state index in [9.17, 15) is 13.2 Å². The van der Waals surface area contributed by atoms with Gasteiger partial charge in [-0.05, 0) is 18.8 Å². The Morgan fingerprint density at radius 3 is 2.54 bits per heavy atom. The molecule has 0 aromatic carbocycles. The number of carbonyl (C=O) groups excluding carboxylic acids is 1. The Morgan fingerprint density at radius 2 is 2.08 bits per heavy atom. The van der Waals surface area contributed by atoms with Crippen LogP contribution in [-0.4, -0.2) is 33.0 Å². The van der Waals surface area contributed by atoms with Gasteiger partial charge in [0.25, 0.3) is 0 Å². The maximum absolute atomic E-state index is 11.3. The fourth-order valence-electron chi connectivity index (χ4n) is 1.07. The maximum Gasteiger partial charge on any atom is 0.306 e. The molecule has 0 saturated heterocycles. The molecule has 1 rings (SSSR count). The van der Waals surface area contributed by atoms with Gasteiger partial charge in [0.1, 0.15) is 0 Å². The normalized spacial score (nSPS) is 17.0. The average molecular weight is 206 g/mol. The lowest BCUT2D eigenvalue weighted by Crippen LogP contribution is -2.16. The van der Waals surface area contributed by atoms with Crippen LogP contribution in [0.3, 0.4) is 0 Å². The Hall–Kier alpha value is -0.580. The van der Waals surface area contributed by atoms with E-state index >= 15 is 0 Å². The second-order valence-corrected chi connectivity index (χ2v) is 5.61. The van der Waals surface area contributed by atoms with Crippen molar-refractivity contribution in [2.75, 3.05) is 18.6 Å². The van der Waals surface area contributed by atoms with Gasteiger partial charge in [0.2, 0.25) is 0 Å². The molecule has 1 saturated carbocycles. The highest BCUT2D eigenvalue weighted by Crippen LogP contribution is 2.30. The summed E-state index contributed by atoms with van der Waals surface area (Å²) < 4.78 is 26.9. The van der Waals surface area contributed by atoms with Gasteiger partial charge in [-0.25, -0.2) is 8.42 Å². The van der Waals surface area contributed by atoms with E-state index in [4.69, 9.17) is 0 Å². The van der Waals surface area contributed by atoms with Crippen LogP contribution in [0.5, 0.6) is 0 Å². The van der Waals surface area contributed by atoms with Crippen LogP contribution >= 0.6 is 0 Å². The molecule has 1 aliphatic rings. The van der Waals surface area contributed by atoms with Gasteiger partial charge in [-0.2, -0.15) is 0 Å². The minimum atomic E-state index is -3.02. The van der Waals surface area contributed by atoms with Gasteiger partial charge in [-0.15, -0.1) is 0 Å². The van der Waals surface area contributed by atoms with Crippen molar-refractivity contribution in [2.24, 2.45) is 5.92 Å². The molecule has 1 fully saturated rings. The molecule has 0 bridgehead atoms. The highest BCUT2D eigenvalue weighted by molar-refractivity contribution is 7.91. The summed E-state index contributed by atoms with van der Waals surface area (Å²) >= 11 is 0. The van der Waals surface area contributed by atoms with E-state index < -0.39 is 15.8 Å². The van der Waals surface area contributed by atoms with Gasteiger partial charge in [0, 0.05) is 0 Å². The van der Waals surface area contributed by atoms with Gasteiger partial charge < -0.3 is 4.74 Å². The summed E-state index contributed by atoms with van der Waals surface area (Å²) in [7, 11) is -1.76. The van der Waals surface area contributed by atoms with E-state index in [0.717, 1.165) is 12.8 Å². The lowest BCUT2D eigenvalue weighted by atomic mass is 10.5. The lowest BCUT2D eigenvalue weighted by Gasteiger charge is -2.01. The number of rotatable bonds is 5. The van der Waals surface area contributed by atoms with Crippen molar-refractivity contribution in [2.45, 2.75) is 19.3 Å². The van der Waals surface area contributed by atoms with Gasteiger partial charge in [-0.3, -0.25) is 4.79 Å². The molecule has 76 valence electrons. The molecule has 0 atom stereocenters. The number of carbonyl (C=O) groups is 1. The van der Waals surface area contributed by atoms with Crippen molar-refractivity contribution in [3.05, 3.63) is 0 Å². The first-order valence-corrected chi connectivity index (χ1v) is 6.13. The Bertz CT molecular complexity index is 277. The third-order valence-corrected chi connectivity index (χ3v) is 3.84. The third-order valence-electron chi connectivity index (χ3n) is 2.03. The van der Waals surface area contributed by atoms with Crippen molar-refractivity contribution >= 4 is 15.8 Å². The zero-order valence-corrected chi connectivity index (χ0v) is 8.47. The average Bonchev–Trinajstić information content (AvgIpc) is 2.83. The highest BCUT2D eigenvalue weighted by Gasteiger charge is 2.28. The van der Waals surface area contributed by atoms with Gasteiger partial charge in [-0.1, -0.05) is 0 Å². The molecule has 4 nitrogen and oxygen atoms in total. The number of hydrogen-bond donors (Lipinski definition) is 0. The second-order valence-electron chi connectivity index (χ2n) is 3.38. The number of methoxy groups -OCH3 is 1. The summed E-state index contributed by atoms with van der Waals surface area (Å²) in [6.07, 6.45) is 2.00. The number of esters is 1. The summed E-state index contributed by atoms with van der Waals surface area (Å²) in [5.74, 6) is 0.0576. The first-order valence-electron chi connectivity index (χ1n) is 4.31. The van der Waals surface area contributed by atoms with Crippen molar-refractivity contribution in [3.8, 4) is 0 Å². The van der Waals surface area contributed by atoms with Crippen LogP contribution in [0.2, 0.25) is 0 Å². The Kier molecular flexibility index (Phi) is 3.30. The summed E-state index contributed by atoms with van der Waals surface area (Å²) in [6, 6.07) is 0. The molecule has 0 aromatic rings. The molecule has 0 heterocycles. The Morgan fingerprint density at radius 1 is 1.46 bits per heavy atom. The van der Waals surface area contributed by atoms with Crippen LogP contribution in [0, 0.1) is 5.92 Å². The standard InChI is InChI=1S/C8H14O4S/c1-12-8(9)4-5-13(10,11)6-7-2-3-7/h7H,2-6H2,1H3. The number of sulfone groups is 1. The van der Waals surface area contributed by atoms with Crippen LogP contribution in [0.4, 0.5) is 0 Å². The van der Waals surface area contributed by atoms with Crippen LogP contribution in [0.25, 0.3) is 0 Å². The van der Waals surface area contributed by atoms with Crippen molar-refractivity contribution in [1.82, 2.24) is 0 Å². The molecule has 0 aliphatic heterocycles. The minimum absolute atomic E-state index is 0.0223. The van der Waals surface area contributed by atoms with E-state index in [1.807, 2.05) is 0 Å². The van der Waals surface area contributed by atoms with E-state index in [1.165, 1.54) is 7.11 Å². The minimum Gasteiger partial charge on any atom is -0.469 e. The van der Waals surface area contributed by atoms with E-state index in [0.29, 0.717) is 5.92 Å². The Balaban J connectivity index is 2.28. The predicted molar refractivity (Wildman–Crippen MR) is 48.0 cm³/mol. The topological polar surface area (TPSA) is 60.4 Å². The fourth-order valence-corrected chi connectivity index (χ4v) is 2.76. The summed E-state index contributed by atoms with van der Waals surface area (Å²) in [4.78, 5) is 10.7. The zero-order valence-electron chi connectivity index (χ0n) is 7.65. The number of hydrogen-bond acceptors (Lipinski definition) is 4. The van der Waals surface area contributed by atoms with Crippen LogP contribution in [0.1, 0.15) is 19.3 Å². The molecule has 1 aliphatic carbocycles. The van der Waals surface area contributed by atoms with Gasteiger partial charge >= 0.3 is 5.97 Å². The first-order chi connectivity index (χ1) is 6.03. The van der Waals surface area contributed by atoms with Gasteiger partial charge in [0.15, 0.2) is 9.84 Å². The quantitative estimate of drug-likeness (QED) is 0.610. The largest absolute Gasteiger partial charge is 0.469 e. The fraction of sp³-hybridized carbons (Fsp3) is 0.875. The van der Waals surface area contributed by atoms with E-state index in [-0.39, 0.29) is 17.9 Å². The van der Waals surface area contributed by atoms with Crippen LogP contribution in [0.15, 0.2) is 0 Å². The van der Waals surface area contributed by atoms with Gasteiger partial charge in [0.05, 0.1) is 25.0 Å². The second kappa shape index (κ2) is 4.09. The molecule has 0 spiro atoms. The zero-order chi connectivity index (χ0) is 9.90. The summed E-state index contributed by atoms with van der Waals surface area (Å²) in [5.41, 5.74) is 0. The maximum atomic E-state index is 11.3. The van der Waals surface area contributed by atoms with E-state index in [2.05, 4.69) is 4.74 Å². The molecule has 0 aromatic heterocycles. The molecular weight excluding hydrogens is 192 g/mol. The third kappa shape index (κ3) is 4.26. The molecule has 0 N–H and O–H groups in total. The lowest BCUT2D eigenvalue weighted by molar-refractivity contribution is -0.140. The van der Waals surface area contributed by atoms with Crippen LogP contribution < -0.4 is 0 Å².